The maximum atomic E-state index is 12.0. The van der Waals surface area contributed by atoms with Crippen molar-refractivity contribution in [1.82, 2.24) is 4.72 Å². The van der Waals surface area contributed by atoms with Gasteiger partial charge in [-0.3, -0.25) is 0 Å². The fourth-order valence-electron chi connectivity index (χ4n) is 1.42. The lowest BCUT2D eigenvalue weighted by atomic mass is 10.2. The van der Waals surface area contributed by atoms with Crippen LogP contribution in [-0.4, -0.2) is 15.0 Å². The lowest BCUT2D eigenvalue weighted by Gasteiger charge is -2.11. The Hall–Kier alpha value is -0.780. The van der Waals surface area contributed by atoms with Gasteiger partial charge in [-0.25, -0.2) is 13.1 Å². The summed E-state index contributed by atoms with van der Waals surface area (Å²) in [5.41, 5.74) is 6.04. The van der Waals surface area contributed by atoms with E-state index in [-0.39, 0.29) is 15.3 Å². The van der Waals surface area contributed by atoms with Crippen molar-refractivity contribution in [3.63, 3.8) is 0 Å². The molecule has 3 N–H and O–H groups in total. The fraction of sp³-hybridized carbons (Fsp3) is 0.455. The number of nitrogens with one attached hydrogen (secondary N) is 1. The Morgan fingerprint density at radius 1 is 1.47 bits per heavy atom. The van der Waals surface area contributed by atoms with E-state index < -0.39 is 10.0 Å². The third-order valence-electron chi connectivity index (χ3n) is 3.07. The van der Waals surface area contributed by atoms with E-state index in [0.717, 1.165) is 12.8 Å². The van der Waals surface area contributed by atoms with E-state index in [1.807, 2.05) is 0 Å². The number of nitrogens with two attached hydrogens (primary N) is 1. The highest BCUT2D eigenvalue weighted by molar-refractivity contribution is 7.89. The molecule has 1 aromatic rings. The van der Waals surface area contributed by atoms with Gasteiger partial charge in [-0.05, 0) is 36.5 Å². The quantitative estimate of drug-likeness (QED) is 0.825. The fourth-order valence-corrected chi connectivity index (χ4v) is 2.89. The number of rotatable bonds is 4. The first-order chi connectivity index (χ1) is 7.82. The predicted molar refractivity (Wildman–Crippen MR) is 68.4 cm³/mol. The van der Waals surface area contributed by atoms with Crippen molar-refractivity contribution >= 4 is 27.3 Å². The summed E-state index contributed by atoms with van der Waals surface area (Å²) >= 11 is 5.81. The molecular weight excluding hydrogens is 260 g/mol. The summed E-state index contributed by atoms with van der Waals surface area (Å²) in [4.78, 5) is 0.154. The van der Waals surface area contributed by atoms with Gasteiger partial charge in [0.05, 0.1) is 15.6 Å². The van der Waals surface area contributed by atoms with Crippen LogP contribution in [0, 0.1) is 5.41 Å². The normalized spacial score (nSPS) is 18.0. The van der Waals surface area contributed by atoms with Gasteiger partial charge in [0.1, 0.15) is 0 Å². The lowest BCUT2D eigenvalue weighted by Crippen LogP contribution is -2.29. The molecule has 0 atom stereocenters. The molecule has 1 aliphatic rings. The molecule has 1 fully saturated rings. The van der Waals surface area contributed by atoms with Crippen molar-refractivity contribution in [3.8, 4) is 0 Å². The van der Waals surface area contributed by atoms with Crippen LogP contribution in [0.3, 0.4) is 0 Å². The molecule has 17 heavy (non-hydrogen) atoms. The highest BCUT2D eigenvalue weighted by Gasteiger charge is 2.38. The Bertz CT molecular complexity index is 538. The number of benzene rings is 1. The zero-order chi connectivity index (χ0) is 12.7. The number of halogens is 1. The van der Waals surface area contributed by atoms with Crippen LogP contribution in [0.25, 0.3) is 0 Å². The molecule has 0 aromatic heterocycles. The first-order valence-corrected chi connectivity index (χ1v) is 7.23. The highest BCUT2D eigenvalue weighted by atomic mass is 35.5. The van der Waals surface area contributed by atoms with Crippen molar-refractivity contribution in [2.45, 2.75) is 24.7 Å². The van der Waals surface area contributed by atoms with Gasteiger partial charge < -0.3 is 5.73 Å². The summed E-state index contributed by atoms with van der Waals surface area (Å²) in [5.74, 6) is 0. The average molecular weight is 275 g/mol. The Morgan fingerprint density at radius 2 is 2.12 bits per heavy atom. The van der Waals surface area contributed by atoms with E-state index in [1.54, 1.807) is 0 Å². The number of sulfonamides is 1. The molecule has 4 nitrogen and oxygen atoms in total. The minimum atomic E-state index is -3.48. The van der Waals surface area contributed by atoms with Crippen LogP contribution >= 0.6 is 11.6 Å². The lowest BCUT2D eigenvalue weighted by molar-refractivity contribution is 0.530. The number of hydrogen-bond donors (Lipinski definition) is 2. The molecule has 0 heterocycles. The minimum absolute atomic E-state index is 0.130. The molecule has 1 aromatic carbocycles. The van der Waals surface area contributed by atoms with Crippen LogP contribution in [0.5, 0.6) is 0 Å². The van der Waals surface area contributed by atoms with E-state index >= 15 is 0 Å². The van der Waals surface area contributed by atoms with E-state index in [2.05, 4.69) is 11.6 Å². The number of nitrogen functional groups attached to an aromatic ring is 1. The average Bonchev–Trinajstić information content (AvgIpc) is 2.99. The summed E-state index contributed by atoms with van der Waals surface area (Å²) in [5, 5.41) is 0.255. The Labute approximate surface area is 106 Å². The third kappa shape index (κ3) is 2.91. The van der Waals surface area contributed by atoms with Gasteiger partial charge in [0.2, 0.25) is 10.0 Å². The first-order valence-electron chi connectivity index (χ1n) is 5.37. The first kappa shape index (κ1) is 12.7. The van der Waals surface area contributed by atoms with E-state index in [1.165, 1.54) is 18.2 Å². The molecule has 94 valence electrons. The Morgan fingerprint density at radius 3 is 2.65 bits per heavy atom. The van der Waals surface area contributed by atoms with E-state index in [9.17, 15) is 8.42 Å². The van der Waals surface area contributed by atoms with Gasteiger partial charge in [-0.2, -0.15) is 0 Å². The molecular formula is C11H15ClN2O2S. The molecule has 1 aliphatic carbocycles. The molecule has 0 saturated heterocycles. The second kappa shape index (κ2) is 4.15. The molecule has 2 rings (SSSR count). The second-order valence-electron chi connectivity index (χ2n) is 4.82. The molecule has 0 spiro atoms. The highest BCUT2D eigenvalue weighted by Crippen LogP contribution is 2.44. The summed E-state index contributed by atoms with van der Waals surface area (Å²) < 4.78 is 26.5. The second-order valence-corrected chi connectivity index (χ2v) is 6.99. The van der Waals surface area contributed by atoms with Crippen LogP contribution in [0.15, 0.2) is 23.1 Å². The van der Waals surface area contributed by atoms with Crippen LogP contribution in [0.2, 0.25) is 5.02 Å². The largest absolute Gasteiger partial charge is 0.398 e. The molecule has 6 heteroatoms. The van der Waals surface area contributed by atoms with E-state index in [0.29, 0.717) is 12.2 Å². The summed E-state index contributed by atoms with van der Waals surface area (Å²) in [7, 11) is -3.48. The van der Waals surface area contributed by atoms with E-state index in [4.69, 9.17) is 17.3 Å². The van der Waals surface area contributed by atoms with Gasteiger partial charge in [0, 0.05) is 6.54 Å². The Balaban J connectivity index is 2.16. The molecule has 0 bridgehead atoms. The van der Waals surface area contributed by atoms with Crippen LogP contribution in [0.1, 0.15) is 19.8 Å². The molecule has 0 amide bonds. The van der Waals surface area contributed by atoms with Crippen molar-refractivity contribution in [2.24, 2.45) is 5.41 Å². The molecule has 0 radical (unpaired) electrons. The standard InChI is InChI=1S/C11H15ClN2O2S/c1-11(4-5-11)7-14-17(15,16)8-2-3-10(13)9(12)6-8/h2-3,6,14H,4-5,7,13H2,1H3. The SMILES string of the molecule is CC1(CNS(=O)(=O)c2ccc(N)c(Cl)c2)CC1. The Kier molecular flexibility index (Phi) is 3.10. The van der Waals surface area contributed by atoms with Gasteiger partial charge >= 0.3 is 0 Å². The maximum Gasteiger partial charge on any atom is 0.240 e. The number of anilines is 1. The molecule has 0 unspecified atom stereocenters. The summed E-state index contributed by atoms with van der Waals surface area (Å²) in [6, 6.07) is 4.32. The third-order valence-corrected chi connectivity index (χ3v) is 4.80. The predicted octanol–water partition coefficient (Wildman–Crippen LogP) is 2.00. The maximum absolute atomic E-state index is 12.0. The summed E-state index contributed by atoms with van der Waals surface area (Å²) in [6.45, 7) is 2.53. The smallest absolute Gasteiger partial charge is 0.240 e. The van der Waals surface area contributed by atoms with Crippen molar-refractivity contribution < 1.29 is 8.42 Å². The minimum Gasteiger partial charge on any atom is -0.398 e. The van der Waals surface area contributed by atoms with Gasteiger partial charge in [0.15, 0.2) is 0 Å². The van der Waals surface area contributed by atoms with Crippen molar-refractivity contribution in [3.05, 3.63) is 23.2 Å². The molecule has 1 saturated carbocycles. The number of hydrogen-bond acceptors (Lipinski definition) is 3. The zero-order valence-corrected chi connectivity index (χ0v) is 11.1. The van der Waals surface area contributed by atoms with Crippen LogP contribution < -0.4 is 10.5 Å². The molecule has 0 aliphatic heterocycles. The summed E-state index contributed by atoms with van der Waals surface area (Å²) in [6.07, 6.45) is 2.13. The van der Waals surface area contributed by atoms with Gasteiger partial charge in [-0.15, -0.1) is 0 Å². The van der Waals surface area contributed by atoms with Crippen molar-refractivity contribution in [1.29, 1.82) is 0 Å². The van der Waals surface area contributed by atoms with Crippen molar-refractivity contribution in [2.75, 3.05) is 12.3 Å². The van der Waals surface area contributed by atoms with Crippen LogP contribution in [0.4, 0.5) is 5.69 Å². The zero-order valence-electron chi connectivity index (χ0n) is 9.53. The topological polar surface area (TPSA) is 72.2 Å². The van der Waals surface area contributed by atoms with Gasteiger partial charge in [-0.1, -0.05) is 18.5 Å². The van der Waals surface area contributed by atoms with Gasteiger partial charge in [0.25, 0.3) is 0 Å². The monoisotopic (exact) mass is 274 g/mol. The van der Waals surface area contributed by atoms with Crippen LogP contribution in [-0.2, 0) is 10.0 Å².